The van der Waals surface area contributed by atoms with E-state index in [1.165, 1.54) is 0 Å². The summed E-state index contributed by atoms with van der Waals surface area (Å²) in [5.74, 6) is 1.38. The van der Waals surface area contributed by atoms with Crippen LogP contribution in [-0.2, 0) is 0 Å². The van der Waals surface area contributed by atoms with Crippen molar-refractivity contribution in [1.29, 1.82) is 0 Å². The number of hydrogen-bond acceptors (Lipinski definition) is 3. The molecular formula is C18H21N3OS. The third-order valence-electron chi connectivity index (χ3n) is 2.87. The lowest BCUT2D eigenvalue weighted by Crippen LogP contribution is -2.23. The van der Waals surface area contributed by atoms with E-state index in [0.717, 1.165) is 17.0 Å². The van der Waals surface area contributed by atoms with Crippen LogP contribution in [-0.4, -0.2) is 17.9 Å². The van der Waals surface area contributed by atoms with Gasteiger partial charge in [0.1, 0.15) is 5.75 Å². The van der Waals surface area contributed by atoms with Gasteiger partial charge in [0.05, 0.1) is 12.8 Å². The highest BCUT2D eigenvalue weighted by molar-refractivity contribution is 7.80. The molecule has 0 bridgehead atoms. The van der Waals surface area contributed by atoms with Crippen molar-refractivity contribution in [2.45, 2.75) is 13.8 Å². The summed E-state index contributed by atoms with van der Waals surface area (Å²) in [7, 11) is 0. The van der Waals surface area contributed by atoms with Gasteiger partial charge in [0, 0.05) is 5.69 Å². The lowest BCUT2D eigenvalue weighted by Gasteiger charge is -2.08. The predicted molar refractivity (Wildman–Crippen MR) is 100 cm³/mol. The fourth-order valence-electron chi connectivity index (χ4n) is 1.76. The van der Waals surface area contributed by atoms with E-state index in [9.17, 15) is 0 Å². The largest absolute Gasteiger partial charge is 0.493 e. The number of rotatable bonds is 6. The molecule has 0 aliphatic heterocycles. The zero-order chi connectivity index (χ0) is 16.5. The molecule has 0 aromatic heterocycles. The maximum absolute atomic E-state index is 5.64. The van der Waals surface area contributed by atoms with Crippen molar-refractivity contribution in [3.05, 3.63) is 60.2 Å². The van der Waals surface area contributed by atoms with Crippen LogP contribution in [0.1, 0.15) is 19.4 Å². The maximum Gasteiger partial charge on any atom is 0.191 e. The van der Waals surface area contributed by atoms with Crippen molar-refractivity contribution in [2.75, 3.05) is 11.9 Å². The molecule has 2 N–H and O–H groups in total. The van der Waals surface area contributed by atoms with Crippen LogP contribution < -0.4 is 15.5 Å². The Morgan fingerprint density at radius 2 is 1.83 bits per heavy atom. The van der Waals surface area contributed by atoms with E-state index in [0.29, 0.717) is 17.6 Å². The van der Waals surface area contributed by atoms with Crippen LogP contribution in [0.15, 0.2) is 59.7 Å². The normalized spacial score (nSPS) is 10.7. The Bertz CT molecular complexity index is 639. The molecule has 5 heteroatoms. The summed E-state index contributed by atoms with van der Waals surface area (Å²) in [4.78, 5) is 0. The standard InChI is InChI=1S/C18H21N3OS/c1-14(2)13-22-17-10-8-15(9-11-17)12-19-21-18(23)20-16-6-4-3-5-7-16/h3-12,14H,13H2,1-2H3,(H2,20,21,23)/b19-12+. The van der Waals surface area contributed by atoms with Crippen LogP contribution in [0.3, 0.4) is 0 Å². The summed E-state index contributed by atoms with van der Waals surface area (Å²) in [5, 5.41) is 7.62. The average molecular weight is 327 g/mol. The van der Waals surface area contributed by atoms with E-state index in [-0.39, 0.29) is 0 Å². The molecule has 23 heavy (non-hydrogen) atoms. The Morgan fingerprint density at radius 1 is 1.13 bits per heavy atom. The van der Waals surface area contributed by atoms with Gasteiger partial charge < -0.3 is 10.1 Å². The van der Waals surface area contributed by atoms with E-state index in [1.54, 1.807) is 6.21 Å². The molecule has 4 nitrogen and oxygen atoms in total. The number of thiocarbonyl (C=S) groups is 1. The number of para-hydroxylation sites is 1. The summed E-state index contributed by atoms with van der Waals surface area (Å²) in [6.07, 6.45) is 1.71. The van der Waals surface area contributed by atoms with Gasteiger partial charge in [0.15, 0.2) is 5.11 Å². The quantitative estimate of drug-likeness (QED) is 0.477. The second-order valence-electron chi connectivity index (χ2n) is 5.46. The molecule has 0 radical (unpaired) electrons. The summed E-state index contributed by atoms with van der Waals surface area (Å²) in [6.45, 7) is 4.96. The van der Waals surface area contributed by atoms with Crippen molar-refractivity contribution in [2.24, 2.45) is 11.0 Å². The van der Waals surface area contributed by atoms with Crippen LogP contribution in [0.5, 0.6) is 5.75 Å². The minimum Gasteiger partial charge on any atom is -0.493 e. The second kappa shape index (κ2) is 8.90. The smallest absolute Gasteiger partial charge is 0.191 e. The molecule has 0 saturated carbocycles. The van der Waals surface area contributed by atoms with E-state index in [4.69, 9.17) is 17.0 Å². The fourth-order valence-corrected chi connectivity index (χ4v) is 1.93. The Balaban J connectivity index is 1.80. The minimum atomic E-state index is 0.448. The molecule has 120 valence electrons. The molecule has 0 unspecified atom stereocenters. The summed E-state index contributed by atoms with van der Waals surface area (Å²) in [6, 6.07) is 17.5. The van der Waals surface area contributed by atoms with Gasteiger partial charge >= 0.3 is 0 Å². The molecular weight excluding hydrogens is 306 g/mol. The Labute approximate surface area is 142 Å². The third-order valence-corrected chi connectivity index (χ3v) is 3.07. The van der Waals surface area contributed by atoms with Crippen molar-refractivity contribution in [1.82, 2.24) is 5.43 Å². The monoisotopic (exact) mass is 327 g/mol. The van der Waals surface area contributed by atoms with Gasteiger partial charge in [-0.25, -0.2) is 0 Å². The molecule has 0 saturated heterocycles. The van der Waals surface area contributed by atoms with E-state index < -0.39 is 0 Å². The van der Waals surface area contributed by atoms with Crippen LogP contribution in [0, 0.1) is 5.92 Å². The van der Waals surface area contributed by atoms with Crippen LogP contribution in [0.2, 0.25) is 0 Å². The average Bonchev–Trinajstić information content (AvgIpc) is 2.55. The van der Waals surface area contributed by atoms with Gasteiger partial charge in [0.25, 0.3) is 0 Å². The van der Waals surface area contributed by atoms with Crippen molar-refractivity contribution < 1.29 is 4.74 Å². The number of ether oxygens (including phenoxy) is 1. The summed E-state index contributed by atoms with van der Waals surface area (Å²) in [5.41, 5.74) is 4.69. The van der Waals surface area contributed by atoms with Crippen molar-refractivity contribution >= 4 is 29.2 Å². The van der Waals surface area contributed by atoms with E-state index in [2.05, 4.69) is 29.7 Å². The number of benzene rings is 2. The highest BCUT2D eigenvalue weighted by Crippen LogP contribution is 2.12. The number of hydrazone groups is 1. The van der Waals surface area contributed by atoms with Crippen LogP contribution in [0.4, 0.5) is 5.69 Å². The fraction of sp³-hybridized carbons (Fsp3) is 0.222. The molecule has 0 spiro atoms. The van der Waals surface area contributed by atoms with Gasteiger partial charge in [-0.05, 0) is 60.1 Å². The number of anilines is 1. The molecule has 0 atom stereocenters. The lowest BCUT2D eigenvalue weighted by molar-refractivity contribution is 0.271. The van der Waals surface area contributed by atoms with Gasteiger partial charge in [0.2, 0.25) is 0 Å². The van der Waals surface area contributed by atoms with Crippen molar-refractivity contribution in [3.8, 4) is 5.75 Å². The lowest BCUT2D eigenvalue weighted by atomic mass is 10.2. The van der Waals surface area contributed by atoms with Crippen LogP contribution in [0.25, 0.3) is 0 Å². The van der Waals surface area contributed by atoms with Gasteiger partial charge in [-0.1, -0.05) is 32.0 Å². The molecule has 2 rings (SSSR count). The first kappa shape index (κ1) is 17.0. The Kier molecular flexibility index (Phi) is 6.56. The SMILES string of the molecule is CC(C)COc1ccc(/C=N/NC(=S)Nc2ccccc2)cc1. The zero-order valence-corrected chi connectivity index (χ0v) is 14.1. The highest BCUT2D eigenvalue weighted by atomic mass is 32.1. The minimum absolute atomic E-state index is 0.448. The Morgan fingerprint density at radius 3 is 2.48 bits per heavy atom. The Hall–Kier alpha value is -2.40. The van der Waals surface area contributed by atoms with Gasteiger partial charge in [-0.15, -0.1) is 0 Å². The molecule has 2 aromatic carbocycles. The predicted octanol–water partition coefficient (Wildman–Crippen LogP) is 4.04. The number of hydrogen-bond donors (Lipinski definition) is 2. The molecule has 0 fully saturated rings. The topological polar surface area (TPSA) is 45.6 Å². The molecule has 2 aromatic rings. The first-order chi connectivity index (χ1) is 11.1. The third kappa shape index (κ3) is 6.48. The first-order valence-electron chi connectivity index (χ1n) is 7.51. The summed E-state index contributed by atoms with van der Waals surface area (Å²) >= 11 is 5.18. The molecule has 0 aliphatic rings. The maximum atomic E-state index is 5.64. The number of nitrogens with zero attached hydrogens (tertiary/aromatic N) is 1. The first-order valence-corrected chi connectivity index (χ1v) is 7.92. The summed E-state index contributed by atoms with van der Waals surface area (Å²) < 4.78 is 5.64. The molecule has 0 heterocycles. The molecule has 0 amide bonds. The zero-order valence-electron chi connectivity index (χ0n) is 13.3. The molecule has 0 aliphatic carbocycles. The van der Waals surface area contributed by atoms with E-state index in [1.807, 2.05) is 54.6 Å². The second-order valence-corrected chi connectivity index (χ2v) is 5.87. The van der Waals surface area contributed by atoms with Crippen LogP contribution >= 0.6 is 12.2 Å². The van der Waals surface area contributed by atoms with E-state index >= 15 is 0 Å². The van der Waals surface area contributed by atoms with Crippen molar-refractivity contribution in [3.63, 3.8) is 0 Å². The van der Waals surface area contributed by atoms with Gasteiger partial charge in [-0.2, -0.15) is 5.10 Å². The van der Waals surface area contributed by atoms with Gasteiger partial charge in [-0.3, -0.25) is 5.43 Å². The number of nitrogens with one attached hydrogen (secondary N) is 2. The highest BCUT2D eigenvalue weighted by Gasteiger charge is 1.97.